The summed E-state index contributed by atoms with van der Waals surface area (Å²) in [5.74, 6) is 0. The second kappa shape index (κ2) is 9.35. The molecule has 0 aromatic rings. The van der Waals surface area contributed by atoms with E-state index >= 15 is 0 Å². The molecule has 2 N–H and O–H groups in total. The van der Waals surface area contributed by atoms with E-state index in [0.29, 0.717) is 0 Å². The van der Waals surface area contributed by atoms with E-state index in [1.807, 2.05) is 0 Å². The maximum atomic E-state index is 5.14. The minimum Gasteiger partial charge on any atom is -0.330 e. The first-order chi connectivity index (χ1) is 2.41. The molecule has 0 spiro atoms. The Morgan fingerprint density at radius 3 is 2.00 bits per heavy atom. The van der Waals surface area contributed by atoms with Crippen LogP contribution in [0.25, 0.3) is 0 Å². The van der Waals surface area contributed by atoms with Crippen LogP contribution in [0.3, 0.4) is 0 Å². The molecule has 0 fully saturated rings. The molecule has 0 aliphatic rings. The number of rotatable bonds is 2. The second-order valence-corrected chi connectivity index (χ2v) is 1.14. The Labute approximate surface area is 61.6 Å². The van der Waals surface area contributed by atoms with Crippen LogP contribution < -0.4 is 5.73 Å². The maximum Gasteiger partial charge on any atom is 0 e. The quantitative estimate of drug-likeness (QED) is 0.494. The van der Waals surface area contributed by atoms with Gasteiger partial charge in [0, 0.05) is 29.6 Å². The largest absolute Gasteiger partial charge is 0.330 e. The SMILES string of the molecule is CCCCN.[Na]. The Morgan fingerprint density at radius 1 is 1.50 bits per heavy atom. The van der Waals surface area contributed by atoms with Gasteiger partial charge < -0.3 is 5.73 Å². The molecule has 1 radical (unpaired) electrons. The second-order valence-electron chi connectivity index (χ2n) is 1.14. The summed E-state index contributed by atoms with van der Waals surface area (Å²) in [5.41, 5.74) is 5.14. The zero-order chi connectivity index (χ0) is 4.12. The summed E-state index contributed by atoms with van der Waals surface area (Å²) in [5, 5.41) is 0. The Kier molecular flexibility index (Phi) is 15.7. The van der Waals surface area contributed by atoms with Gasteiger partial charge in [-0.2, -0.15) is 0 Å². The Morgan fingerprint density at radius 2 is 2.00 bits per heavy atom. The molecule has 33 valence electrons. The van der Waals surface area contributed by atoms with E-state index < -0.39 is 0 Å². The first-order valence-corrected chi connectivity index (χ1v) is 2.12. The average molecular weight is 96.1 g/mol. The van der Waals surface area contributed by atoms with Crippen molar-refractivity contribution in [3.05, 3.63) is 0 Å². The molecule has 0 aromatic carbocycles. The van der Waals surface area contributed by atoms with Gasteiger partial charge in [0.2, 0.25) is 0 Å². The van der Waals surface area contributed by atoms with E-state index in [2.05, 4.69) is 6.92 Å². The van der Waals surface area contributed by atoms with Crippen LogP contribution in [0.1, 0.15) is 19.8 Å². The Hall–Kier alpha value is 0.960. The molecule has 0 bridgehead atoms. The first-order valence-electron chi connectivity index (χ1n) is 2.12. The predicted octanol–water partition coefficient (Wildman–Crippen LogP) is 0.364. The van der Waals surface area contributed by atoms with Crippen LogP contribution in [0.4, 0.5) is 0 Å². The van der Waals surface area contributed by atoms with Crippen molar-refractivity contribution in [2.24, 2.45) is 5.73 Å². The van der Waals surface area contributed by atoms with Crippen molar-refractivity contribution in [1.29, 1.82) is 0 Å². The van der Waals surface area contributed by atoms with Crippen molar-refractivity contribution < 1.29 is 0 Å². The summed E-state index contributed by atoms with van der Waals surface area (Å²) in [7, 11) is 0. The molecule has 6 heavy (non-hydrogen) atoms. The molecule has 0 aliphatic carbocycles. The molecule has 0 rings (SSSR count). The van der Waals surface area contributed by atoms with Gasteiger partial charge in [0.05, 0.1) is 0 Å². The summed E-state index contributed by atoms with van der Waals surface area (Å²) in [4.78, 5) is 0. The predicted molar refractivity (Wildman–Crippen MR) is 29.7 cm³/mol. The maximum absolute atomic E-state index is 5.14. The van der Waals surface area contributed by atoms with Gasteiger partial charge in [0.1, 0.15) is 0 Å². The Balaban J connectivity index is 0. The molecule has 0 atom stereocenters. The third-order valence-corrected chi connectivity index (χ3v) is 0.558. The first kappa shape index (κ1) is 10.0. The van der Waals surface area contributed by atoms with Gasteiger partial charge in [0.15, 0.2) is 0 Å². The molecule has 2 heteroatoms. The fourth-order valence-corrected chi connectivity index (χ4v) is 0.204. The fourth-order valence-electron chi connectivity index (χ4n) is 0.204. The molecule has 0 saturated heterocycles. The minimum absolute atomic E-state index is 0. The van der Waals surface area contributed by atoms with Crippen molar-refractivity contribution in [3.8, 4) is 0 Å². The molecule has 0 saturated carbocycles. The van der Waals surface area contributed by atoms with Crippen molar-refractivity contribution in [2.75, 3.05) is 6.54 Å². The van der Waals surface area contributed by atoms with Crippen LogP contribution in [0, 0.1) is 0 Å². The third-order valence-electron chi connectivity index (χ3n) is 0.558. The molecule has 1 nitrogen and oxygen atoms in total. The smallest absolute Gasteiger partial charge is 0 e. The van der Waals surface area contributed by atoms with Crippen LogP contribution in [0.2, 0.25) is 0 Å². The minimum atomic E-state index is 0. The van der Waals surface area contributed by atoms with Gasteiger partial charge >= 0.3 is 0 Å². The zero-order valence-electron chi connectivity index (χ0n) is 4.70. The van der Waals surface area contributed by atoms with Gasteiger partial charge in [-0.3, -0.25) is 0 Å². The van der Waals surface area contributed by atoms with Crippen LogP contribution in [-0.2, 0) is 0 Å². The molecular weight excluding hydrogens is 85.0 g/mol. The van der Waals surface area contributed by atoms with E-state index in [1.54, 1.807) is 0 Å². The number of nitrogens with two attached hydrogens (primary N) is 1. The standard InChI is InChI=1S/C4H11N.Na/c1-2-3-4-5;/h2-5H2,1H3;. The van der Waals surface area contributed by atoms with Gasteiger partial charge in [-0.25, -0.2) is 0 Å². The van der Waals surface area contributed by atoms with Crippen LogP contribution in [0.15, 0.2) is 0 Å². The third kappa shape index (κ3) is 8.88. The van der Waals surface area contributed by atoms with Gasteiger partial charge in [-0.15, -0.1) is 0 Å². The van der Waals surface area contributed by atoms with Crippen molar-refractivity contribution >= 4 is 29.6 Å². The van der Waals surface area contributed by atoms with Crippen LogP contribution in [-0.4, -0.2) is 36.1 Å². The monoisotopic (exact) mass is 96.1 g/mol. The van der Waals surface area contributed by atoms with Gasteiger partial charge in [0.25, 0.3) is 0 Å². The van der Waals surface area contributed by atoms with E-state index in [0.717, 1.165) is 6.54 Å². The average Bonchev–Trinajstić information content (AvgIpc) is 1.41. The summed E-state index contributed by atoms with van der Waals surface area (Å²) < 4.78 is 0. The summed E-state index contributed by atoms with van der Waals surface area (Å²) >= 11 is 0. The molecule has 0 aromatic heterocycles. The van der Waals surface area contributed by atoms with Gasteiger partial charge in [-0.05, 0) is 13.0 Å². The summed E-state index contributed by atoms with van der Waals surface area (Å²) in [6.07, 6.45) is 2.39. The van der Waals surface area contributed by atoms with Crippen LogP contribution in [0.5, 0.6) is 0 Å². The van der Waals surface area contributed by atoms with Gasteiger partial charge in [-0.1, -0.05) is 13.3 Å². The Bertz CT molecular complexity index is 15.0. The number of hydrogen-bond acceptors (Lipinski definition) is 1. The molecule has 0 aliphatic heterocycles. The van der Waals surface area contributed by atoms with E-state index in [9.17, 15) is 0 Å². The number of unbranched alkanes of at least 4 members (excludes halogenated alkanes) is 1. The van der Waals surface area contributed by atoms with Crippen molar-refractivity contribution in [3.63, 3.8) is 0 Å². The van der Waals surface area contributed by atoms with E-state index in [-0.39, 0.29) is 29.6 Å². The van der Waals surface area contributed by atoms with Crippen molar-refractivity contribution in [1.82, 2.24) is 0 Å². The molecule has 0 unspecified atom stereocenters. The summed E-state index contributed by atoms with van der Waals surface area (Å²) in [6.45, 7) is 2.98. The topological polar surface area (TPSA) is 26.0 Å². The van der Waals surface area contributed by atoms with Crippen LogP contribution >= 0.6 is 0 Å². The van der Waals surface area contributed by atoms with E-state index in [4.69, 9.17) is 5.73 Å². The molecule has 0 amide bonds. The molecular formula is C4H11NNa. The number of hydrogen-bond donors (Lipinski definition) is 1. The van der Waals surface area contributed by atoms with Crippen molar-refractivity contribution in [2.45, 2.75) is 19.8 Å². The van der Waals surface area contributed by atoms with E-state index in [1.165, 1.54) is 12.8 Å². The fraction of sp³-hybridized carbons (Fsp3) is 1.00. The normalized spacial score (nSPS) is 7.00. The zero-order valence-corrected chi connectivity index (χ0v) is 6.70. The summed E-state index contributed by atoms with van der Waals surface area (Å²) in [6, 6.07) is 0. The molecule has 0 heterocycles.